The number of ether oxygens (including phenoxy) is 1. The molecule has 0 aromatic heterocycles. The van der Waals surface area contributed by atoms with Crippen LogP contribution in [0.5, 0.6) is 0 Å². The summed E-state index contributed by atoms with van der Waals surface area (Å²) in [6, 6.07) is 14.8. The van der Waals surface area contributed by atoms with Gasteiger partial charge < -0.3 is 4.74 Å². The third-order valence-electron chi connectivity index (χ3n) is 4.00. The van der Waals surface area contributed by atoms with Crippen molar-refractivity contribution in [1.82, 2.24) is 0 Å². The van der Waals surface area contributed by atoms with E-state index in [9.17, 15) is 0 Å². The topological polar surface area (TPSA) is 21.6 Å². The van der Waals surface area contributed by atoms with E-state index in [-0.39, 0.29) is 5.54 Å². The third-order valence-corrected chi connectivity index (χ3v) is 4.00. The number of hydrogen-bond donors (Lipinski definition) is 0. The van der Waals surface area contributed by atoms with Gasteiger partial charge in [0.25, 0.3) is 0 Å². The van der Waals surface area contributed by atoms with E-state index in [0.717, 1.165) is 11.5 Å². The van der Waals surface area contributed by atoms with Crippen LogP contribution >= 0.6 is 0 Å². The highest BCUT2D eigenvalue weighted by atomic mass is 16.5. The predicted octanol–water partition coefficient (Wildman–Crippen LogP) is 4.53. The second kappa shape index (κ2) is 5.03. The van der Waals surface area contributed by atoms with Crippen molar-refractivity contribution in [3.8, 4) is 11.1 Å². The Kier molecular flexibility index (Phi) is 3.32. The molecule has 1 heterocycles. The Hall–Kier alpha value is -2.09. The molecule has 2 aromatic rings. The molecule has 2 nitrogen and oxygen atoms in total. The van der Waals surface area contributed by atoms with Gasteiger partial charge in [-0.1, -0.05) is 36.4 Å². The van der Waals surface area contributed by atoms with Gasteiger partial charge in [-0.05, 0) is 56.0 Å². The summed E-state index contributed by atoms with van der Waals surface area (Å²) < 4.78 is 5.86. The molecule has 0 saturated carbocycles. The molecule has 0 fully saturated rings. The highest BCUT2D eigenvalue weighted by Gasteiger charge is 2.28. The molecule has 0 saturated heterocycles. The molecule has 0 radical (unpaired) electrons. The summed E-state index contributed by atoms with van der Waals surface area (Å²) in [5, 5.41) is 0. The molecular weight excluding hydrogens is 258 g/mol. The lowest BCUT2D eigenvalue weighted by Gasteiger charge is -2.15. The van der Waals surface area contributed by atoms with Crippen LogP contribution in [0.3, 0.4) is 0 Å². The smallest absolute Gasteiger partial charge is 0.217 e. The summed E-state index contributed by atoms with van der Waals surface area (Å²) in [5.74, 6) is 0.766. The minimum absolute atomic E-state index is 0.137. The largest absolute Gasteiger partial charge is 0.475 e. The molecule has 0 aliphatic carbocycles. The van der Waals surface area contributed by atoms with Crippen molar-refractivity contribution < 1.29 is 4.74 Å². The van der Waals surface area contributed by atoms with Crippen LogP contribution < -0.4 is 0 Å². The lowest BCUT2D eigenvalue weighted by molar-refractivity contribution is 0.279. The molecule has 0 bridgehead atoms. The molecule has 0 spiro atoms. The Morgan fingerprint density at radius 3 is 2.33 bits per heavy atom. The van der Waals surface area contributed by atoms with Gasteiger partial charge in [0, 0.05) is 5.56 Å². The van der Waals surface area contributed by atoms with E-state index >= 15 is 0 Å². The Labute approximate surface area is 126 Å². The fourth-order valence-corrected chi connectivity index (χ4v) is 2.69. The molecule has 21 heavy (non-hydrogen) atoms. The lowest BCUT2D eigenvalue weighted by atomic mass is 9.92. The highest BCUT2D eigenvalue weighted by Crippen LogP contribution is 2.32. The Balaban J connectivity index is 2.21. The summed E-state index contributed by atoms with van der Waals surface area (Å²) in [5.41, 5.74) is 5.97. The average Bonchev–Trinajstić information content (AvgIpc) is 2.83. The quantitative estimate of drug-likeness (QED) is 0.791. The maximum Gasteiger partial charge on any atom is 0.217 e. The molecule has 0 unspecified atom stereocenters. The minimum atomic E-state index is -0.137. The number of rotatable bonds is 2. The number of hydrogen-bond acceptors (Lipinski definition) is 2. The van der Waals surface area contributed by atoms with E-state index in [1.54, 1.807) is 0 Å². The van der Waals surface area contributed by atoms with Crippen LogP contribution in [0.2, 0.25) is 0 Å². The molecule has 108 valence electrons. The predicted molar refractivity (Wildman–Crippen MR) is 87.9 cm³/mol. The second-order valence-corrected chi connectivity index (χ2v) is 6.31. The van der Waals surface area contributed by atoms with E-state index in [1.807, 2.05) is 6.07 Å². The number of benzene rings is 2. The highest BCUT2D eigenvalue weighted by molar-refractivity contribution is 6.02. The Bertz CT molecular complexity index is 699. The van der Waals surface area contributed by atoms with Gasteiger partial charge in [-0.15, -0.1) is 0 Å². The minimum Gasteiger partial charge on any atom is -0.475 e. The van der Waals surface area contributed by atoms with Crippen molar-refractivity contribution in [3.05, 3.63) is 59.2 Å². The van der Waals surface area contributed by atoms with Crippen molar-refractivity contribution in [1.29, 1.82) is 0 Å². The zero-order valence-corrected chi connectivity index (χ0v) is 13.1. The third kappa shape index (κ3) is 2.58. The van der Waals surface area contributed by atoms with Gasteiger partial charge in [0.05, 0.1) is 5.54 Å². The number of aryl methyl sites for hydroxylation is 1. The number of nitrogens with zero attached hydrogens (tertiary/aromatic N) is 1. The fraction of sp³-hybridized carbons (Fsp3) is 0.316. The van der Waals surface area contributed by atoms with Crippen molar-refractivity contribution in [2.45, 2.75) is 33.2 Å². The summed E-state index contributed by atoms with van der Waals surface area (Å²) in [6.07, 6.45) is 0. The van der Waals surface area contributed by atoms with E-state index in [2.05, 4.69) is 64.1 Å². The van der Waals surface area contributed by atoms with Gasteiger partial charge in [0.2, 0.25) is 5.90 Å². The van der Waals surface area contributed by atoms with Crippen molar-refractivity contribution >= 4 is 5.90 Å². The van der Waals surface area contributed by atoms with Gasteiger partial charge in [-0.3, -0.25) is 0 Å². The molecule has 3 rings (SSSR count). The van der Waals surface area contributed by atoms with Gasteiger partial charge in [0.15, 0.2) is 0 Å². The van der Waals surface area contributed by atoms with Crippen molar-refractivity contribution in [2.75, 3.05) is 6.61 Å². The zero-order chi connectivity index (χ0) is 15.0. The number of aliphatic imine (C=N–C) groups is 1. The fourth-order valence-electron chi connectivity index (χ4n) is 2.69. The van der Waals surface area contributed by atoms with Crippen molar-refractivity contribution in [2.24, 2.45) is 4.99 Å². The van der Waals surface area contributed by atoms with Crippen LogP contribution in [-0.4, -0.2) is 18.0 Å². The van der Waals surface area contributed by atoms with E-state index in [0.29, 0.717) is 6.61 Å². The van der Waals surface area contributed by atoms with Crippen LogP contribution in [0, 0.1) is 13.8 Å². The first-order chi connectivity index (χ1) is 9.98. The van der Waals surface area contributed by atoms with Crippen LogP contribution in [0.15, 0.2) is 47.5 Å². The molecule has 2 heteroatoms. The van der Waals surface area contributed by atoms with Crippen LogP contribution in [0.1, 0.15) is 30.5 Å². The van der Waals surface area contributed by atoms with Gasteiger partial charge in [-0.2, -0.15) is 0 Å². The maximum absolute atomic E-state index is 5.86. The molecule has 0 atom stereocenters. The summed E-state index contributed by atoms with van der Waals surface area (Å²) in [4.78, 5) is 4.74. The Morgan fingerprint density at radius 2 is 1.71 bits per heavy atom. The lowest BCUT2D eigenvalue weighted by Crippen LogP contribution is -2.17. The maximum atomic E-state index is 5.86. The van der Waals surface area contributed by atoms with Crippen molar-refractivity contribution in [3.63, 3.8) is 0 Å². The average molecular weight is 279 g/mol. The molecule has 0 N–H and O–H groups in total. The van der Waals surface area contributed by atoms with E-state index in [1.165, 1.54) is 22.3 Å². The summed E-state index contributed by atoms with van der Waals surface area (Å²) >= 11 is 0. The second-order valence-electron chi connectivity index (χ2n) is 6.31. The normalized spacial score (nSPS) is 16.5. The SMILES string of the molecule is Cc1ccc(C2=NC(C)(C)CO2)c(-c2ccccc2)c1C. The van der Waals surface area contributed by atoms with Gasteiger partial charge in [-0.25, -0.2) is 4.99 Å². The molecule has 1 aliphatic heterocycles. The zero-order valence-electron chi connectivity index (χ0n) is 13.1. The first-order valence-corrected chi connectivity index (χ1v) is 7.36. The summed E-state index contributed by atoms with van der Waals surface area (Å²) in [6.45, 7) is 9.16. The van der Waals surface area contributed by atoms with Gasteiger partial charge in [0.1, 0.15) is 6.61 Å². The van der Waals surface area contributed by atoms with E-state index in [4.69, 9.17) is 9.73 Å². The van der Waals surface area contributed by atoms with Gasteiger partial charge >= 0.3 is 0 Å². The van der Waals surface area contributed by atoms with Crippen LogP contribution in [0.4, 0.5) is 0 Å². The molecular formula is C19H21NO. The summed E-state index contributed by atoms with van der Waals surface area (Å²) in [7, 11) is 0. The molecule has 2 aromatic carbocycles. The molecule has 1 aliphatic rings. The monoisotopic (exact) mass is 279 g/mol. The van der Waals surface area contributed by atoms with Crippen LogP contribution in [-0.2, 0) is 4.74 Å². The molecule has 0 amide bonds. The van der Waals surface area contributed by atoms with Crippen LogP contribution in [0.25, 0.3) is 11.1 Å². The Morgan fingerprint density at radius 1 is 1.00 bits per heavy atom. The van der Waals surface area contributed by atoms with E-state index < -0.39 is 0 Å². The first kappa shape index (κ1) is 13.9. The first-order valence-electron chi connectivity index (χ1n) is 7.36. The standard InChI is InChI=1S/C19H21NO/c1-13-10-11-16(18-20-19(3,4)12-21-18)17(14(13)2)15-8-6-5-7-9-15/h5-11H,12H2,1-4H3.